The van der Waals surface area contributed by atoms with E-state index in [2.05, 4.69) is 30.4 Å². The lowest BCUT2D eigenvalue weighted by atomic mass is 10.1. The van der Waals surface area contributed by atoms with Gasteiger partial charge in [0.05, 0.1) is 11.9 Å². The number of nitrogens with zero attached hydrogens (tertiary/aromatic N) is 4. The van der Waals surface area contributed by atoms with Gasteiger partial charge in [-0.15, -0.1) is 0 Å². The van der Waals surface area contributed by atoms with Crippen LogP contribution in [-0.4, -0.2) is 45.2 Å². The lowest BCUT2D eigenvalue weighted by Gasteiger charge is -2.33. The van der Waals surface area contributed by atoms with Crippen LogP contribution in [0, 0.1) is 5.82 Å². The second kappa shape index (κ2) is 7.53. The molecule has 0 bridgehead atoms. The van der Waals surface area contributed by atoms with Crippen molar-refractivity contribution in [3.63, 3.8) is 0 Å². The minimum Gasteiger partial charge on any atom is -0.353 e. The number of rotatable bonds is 4. The molecule has 27 heavy (non-hydrogen) atoms. The fraction of sp³-hybridized carbons (Fsp3) is 0.263. The Balaban J connectivity index is 1.42. The van der Waals surface area contributed by atoms with Crippen LogP contribution in [0.25, 0.3) is 11.3 Å². The van der Waals surface area contributed by atoms with Crippen LogP contribution < -0.4 is 10.2 Å². The van der Waals surface area contributed by atoms with E-state index in [9.17, 15) is 9.18 Å². The predicted molar refractivity (Wildman–Crippen MR) is 98.7 cm³/mol. The van der Waals surface area contributed by atoms with Crippen LogP contribution in [0.3, 0.4) is 0 Å². The number of halogens is 1. The maximum Gasteiger partial charge on any atom is 0.271 e. The molecule has 1 aliphatic heterocycles. The molecule has 138 valence electrons. The van der Waals surface area contributed by atoms with Crippen molar-refractivity contribution in [3.05, 3.63) is 60.4 Å². The van der Waals surface area contributed by atoms with Gasteiger partial charge in [-0.05, 0) is 42.7 Å². The zero-order chi connectivity index (χ0) is 18.6. The van der Waals surface area contributed by atoms with E-state index in [1.807, 2.05) is 6.07 Å². The van der Waals surface area contributed by atoms with E-state index in [1.54, 1.807) is 12.1 Å². The zero-order valence-corrected chi connectivity index (χ0v) is 14.6. The molecule has 2 N–H and O–H groups in total. The Hall–Kier alpha value is -3.29. The molecule has 0 unspecified atom stereocenters. The number of nitrogens with one attached hydrogen (secondary N) is 2. The summed E-state index contributed by atoms with van der Waals surface area (Å²) in [6.45, 7) is 1.53. The summed E-state index contributed by atoms with van der Waals surface area (Å²) in [7, 11) is 0. The number of H-pyrrole nitrogens is 1. The lowest BCUT2D eigenvalue weighted by molar-refractivity contribution is 0.0927. The van der Waals surface area contributed by atoms with Gasteiger partial charge in [-0.1, -0.05) is 0 Å². The lowest BCUT2D eigenvalue weighted by Crippen LogP contribution is -2.48. The van der Waals surface area contributed by atoms with Crippen molar-refractivity contribution in [1.82, 2.24) is 25.5 Å². The van der Waals surface area contributed by atoms with Gasteiger partial charge in [-0.3, -0.25) is 14.9 Å². The third-order valence-corrected chi connectivity index (χ3v) is 4.60. The molecule has 1 aromatic carbocycles. The van der Waals surface area contributed by atoms with Gasteiger partial charge in [0.25, 0.3) is 5.91 Å². The molecule has 0 saturated carbocycles. The van der Waals surface area contributed by atoms with E-state index >= 15 is 0 Å². The maximum absolute atomic E-state index is 13.1. The number of benzene rings is 1. The van der Waals surface area contributed by atoms with Crippen LogP contribution in [-0.2, 0) is 0 Å². The van der Waals surface area contributed by atoms with Gasteiger partial charge in [-0.2, -0.15) is 5.10 Å². The highest BCUT2D eigenvalue weighted by molar-refractivity contribution is 5.92. The Morgan fingerprint density at radius 2 is 2.11 bits per heavy atom. The van der Waals surface area contributed by atoms with Crippen molar-refractivity contribution in [2.75, 3.05) is 18.0 Å². The van der Waals surface area contributed by atoms with E-state index in [-0.39, 0.29) is 17.8 Å². The number of carbonyl (C=O) groups excluding carboxylic acids is 1. The molecule has 8 heteroatoms. The number of carbonyl (C=O) groups is 1. The van der Waals surface area contributed by atoms with Crippen LogP contribution in [0.2, 0.25) is 0 Å². The number of piperidine rings is 1. The van der Waals surface area contributed by atoms with Gasteiger partial charge in [0.15, 0.2) is 5.82 Å². The number of hydrogen-bond acceptors (Lipinski definition) is 5. The van der Waals surface area contributed by atoms with E-state index < -0.39 is 0 Å². The average molecular weight is 366 g/mol. The minimum atomic E-state index is -0.267. The summed E-state index contributed by atoms with van der Waals surface area (Å²) >= 11 is 0. The molecule has 1 fully saturated rings. The summed E-state index contributed by atoms with van der Waals surface area (Å²) in [6.07, 6.45) is 6.35. The summed E-state index contributed by atoms with van der Waals surface area (Å²) in [5, 5.41) is 10.4. The molecule has 1 atom stereocenters. The predicted octanol–water partition coefficient (Wildman–Crippen LogP) is 2.40. The molecule has 0 radical (unpaired) electrons. The molecule has 2 aromatic heterocycles. The number of aromatic amines is 1. The van der Waals surface area contributed by atoms with Gasteiger partial charge < -0.3 is 10.2 Å². The molecular formula is C19H19FN6O. The molecule has 1 aliphatic rings. The van der Waals surface area contributed by atoms with Crippen molar-refractivity contribution < 1.29 is 9.18 Å². The Kier molecular flexibility index (Phi) is 4.78. The fourth-order valence-electron chi connectivity index (χ4n) is 3.23. The second-order valence-corrected chi connectivity index (χ2v) is 6.50. The molecular weight excluding hydrogens is 347 g/mol. The standard InChI is InChI=1S/C19H19FN6O/c20-14-5-3-13(4-6-14)16-10-18(25-24-16)26-9-1-2-15(12-26)23-19(27)17-11-21-7-8-22-17/h3-8,10-11,15H,1-2,9,12H2,(H,23,27)(H,24,25)/t15-/m0/s1. The molecule has 1 amide bonds. The Morgan fingerprint density at radius 3 is 2.89 bits per heavy atom. The number of hydrogen-bond donors (Lipinski definition) is 2. The fourth-order valence-corrected chi connectivity index (χ4v) is 3.23. The first-order chi connectivity index (χ1) is 13.2. The van der Waals surface area contributed by atoms with Gasteiger partial charge in [0, 0.05) is 37.6 Å². The monoisotopic (exact) mass is 366 g/mol. The first-order valence-electron chi connectivity index (χ1n) is 8.82. The van der Waals surface area contributed by atoms with Crippen LogP contribution in [0.15, 0.2) is 48.9 Å². The second-order valence-electron chi connectivity index (χ2n) is 6.50. The van der Waals surface area contributed by atoms with Crippen LogP contribution >= 0.6 is 0 Å². The summed E-state index contributed by atoms with van der Waals surface area (Å²) in [5.41, 5.74) is 2.02. The number of aromatic nitrogens is 4. The number of amides is 1. The molecule has 1 saturated heterocycles. The smallest absolute Gasteiger partial charge is 0.271 e. The zero-order valence-electron chi connectivity index (χ0n) is 14.6. The molecule has 0 aliphatic carbocycles. The molecule has 3 heterocycles. The van der Waals surface area contributed by atoms with Crippen molar-refractivity contribution in [2.45, 2.75) is 18.9 Å². The van der Waals surface area contributed by atoms with Crippen molar-refractivity contribution in [3.8, 4) is 11.3 Å². The van der Waals surface area contributed by atoms with Gasteiger partial charge >= 0.3 is 0 Å². The average Bonchev–Trinajstić information content (AvgIpc) is 3.20. The van der Waals surface area contributed by atoms with E-state index in [1.165, 1.54) is 30.7 Å². The SMILES string of the molecule is O=C(N[C@H]1CCCN(c2cc(-c3ccc(F)cc3)[nH]n2)C1)c1cnccn1. The van der Waals surface area contributed by atoms with Gasteiger partial charge in [0.1, 0.15) is 11.5 Å². The normalized spacial score (nSPS) is 16.9. The van der Waals surface area contributed by atoms with E-state index in [0.717, 1.165) is 36.5 Å². The highest BCUT2D eigenvalue weighted by atomic mass is 19.1. The van der Waals surface area contributed by atoms with Crippen LogP contribution in [0.1, 0.15) is 23.3 Å². The largest absolute Gasteiger partial charge is 0.353 e. The first-order valence-corrected chi connectivity index (χ1v) is 8.82. The summed E-state index contributed by atoms with van der Waals surface area (Å²) in [6, 6.07) is 8.24. The van der Waals surface area contributed by atoms with Crippen molar-refractivity contribution in [2.24, 2.45) is 0 Å². The van der Waals surface area contributed by atoms with Gasteiger partial charge in [-0.25, -0.2) is 9.37 Å². The van der Waals surface area contributed by atoms with Crippen LogP contribution in [0.4, 0.5) is 10.2 Å². The van der Waals surface area contributed by atoms with E-state index in [0.29, 0.717) is 12.2 Å². The topological polar surface area (TPSA) is 86.8 Å². The van der Waals surface area contributed by atoms with Gasteiger partial charge in [0.2, 0.25) is 0 Å². The van der Waals surface area contributed by atoms with Crippen molar-refractivity contribution in [1.29, 1.82) is 0 Å². The van der Waals surface area contributed by atoms with Crippen LogP contribution in [0.5, 0.6) is 0 Å². The Bertz CT molecular complexity index is 911. The molecule has 4 rings (SSSR count). The summed E-state index contributed by atoms with van der Waals surface area (Å²) in [4.78, 5) is 22.4. The molecule has 3 aromatic rings. The van der Waals surface area contributed by atoms with E-state index in [4.69, 9.17) is 0 Å². The highest BCUT2D eigenvalue weighted by Gasteiger charge is 2.24. The third-order valence-electron chi connectivity index (χ3n) is 4.60. The Labute approximate surface area is 155 Å². The maximum atomic E-state index is 13.1. The molecule has 7 nitrogen and oxygen atoms in total. The highest BCUT2D eigenvalue weighted by Crippen LogP contribution is 2.24. The minimum absolute atomic E-state index is 0.0132. The van der Waals surface area contributed by atoms with Crippen molar-refractivity contribution >= 4 is 11.7 Å². The summed E-state index contributed by atoms with van der Waals surface area (Å²) in [5.74, 6) is 0.327. The number of anilines is 1. The first kappa shape index (κ1) is 17.1. The summed E-state index contributed by atoms with van der Waals surface area (Å²) < 4.78 is 13.1. The molecule has 0 spiro atoms. The third kappa shape index (κ3) is 3.94. The Morgan fingerprint density at radius 1 is 1.26 bits per heavy atom. The quantitative estimate of drug-likeness (QED) is 0.740.